The average Bonchev–Trinajstić information content (AvgIpc) is 2.59. The molecule has 0 amide bonds. The van der Waals surface area contributed by atoms with Gasteiger partial charge in [0.2, 0.25) is 0 Å². The van der Waals surface area contributed by atoms with E-state index in [4.69, 9.17) is 0 Å². The quantitative estimate of drug-likeness (QED) is 0.726. The van der Waals surface area contributed by atoms with E-state index in [1.807, 2.05) is 61.5 Å². The lowest BCUT2D eigenvalue weighted by molar-refractivity contribution is -0.112. The normalized spacial score (nSPS) is 18.0. The van der Waals surface area contributed by atoms with Crippen LogP contribution < -0.4 is 4.90 Å². The summed E-state index contributed by atoms with van der Waals surface area (Å²) in [5.74, 6) is -0.207. The summed E-state index contributed by atoms with van der Waals surface area (Å²) in [5.41, 5.74) is 4.48. The lowest BCUT2D eigenvalue weighted by Crippen LogP contribution is -2.12. The first-order chi connectivity index (χ1) is 12.0. The molecule has 0 saturated heterocycles. The third kappa shape index (κ3) is 4.24. The van der Waals surface area contributed by atoms with Gasteiger partial charge in [-0.25, -0.2) is 4.39 Å². The van der Waals surface area contributed by atoms with Crippen LogP contribution in [0, 0.1) is 5.82 Å². The molecule has 0 N–H and O–H groups in total. The number of hydrogen-bond acceptors (Lipinski definition) is 2. The van der Waals surface area contributed by atoms with Gasteiger partial charge in [0, 0.05) is 30.9 Å². The zero-order valence-corrected chi connectivity index (χ0v) is 14.6. The standard InChI is InChI=1S/C22H22FNO/c1-24(2)21-11-9-16(10-12-21)13-18-6-4-7-19(22(18)25)14-17-5-3-8-20(23)15-17/h3,5,8-15H,4,6-7H2,1-2H3. The highest BCUT2D eigenvalue weighted by molar-refractivity contribution is 6.13. The van der Waals surface area contributed by atoms with E-state index in [0.717, 1.165) is 47.2 Å². The maximum absolute atomic E-state index is 13.3. The Morgan fingerprint density at radius 3 is 2.16 bits per heavy atom. The molecule has 25 heavy (non-hydrogen) atoms. The summed E-state index contributed by atoms with van der Waals surface area (Å²) < 4.78 is 13.3. The molecule has 3 rings (SSSR count). The molecule has 1 saturated carbocycles. The third-order valence-corrected chi connectivity index (χ3v) is 4.42. The largest absolute Gasteiger partial charge is 0.378 e. The zero-order valence-electron chi connectivity index (χ0n) is 14.6. The third-order valence-electron chi connectivity index (χ3n) is 4.42. The lowest BCUT2D eigenvalue weighted by Gasteiger charge is -2.17. The number of carbonyl (C=O) groups excluding carboxylic acids is 1. The number of benzene rings is 2. The van der Waals surface area contributed by atoms with Crippen molar-refractivity contribution in [2.24, 2.45) is 0 Å². The molecule has 0 bridgehead atoms. The van der Waals surface area contributed by atoms with Crippen LogP contribution in [-0.4, -0.2) is 19.9 Å². The SMILES string of the molecule is CN(C)c1ccc(C=C2CCCC(=Cc3cccc(F)c3)C2=O)cc1. The van der Waals surface area contributed by atoms with Gasteiger partial charge in [-0.05, 0) is 66.8 Å². The number of ketones is 1. The number of carbonyl (C=O) groups is 1. The molecule has 2 nitrogen and oxygen atoms in total. The Morgan fingerprint density at radius 1 is 0.920 bits per heavy atom. The van der Waals surface area contributed by atoms with E-state index >= 15 is 0 Å². The average molecular weight is 335 g/mol. The minimum atomic E-state index is -0.283. The van der Waals surface area contributed by atoms with Crippen LogP contribution in [0.1, 0.15) is 30.4 Å². The molecule has 3 heteroatoms. The first-order valence-electron chi connectivity index (χ1n) is 8.52. The van der Waals surface area contributed by atoms with Crippen molar-refractivity contribution >= 4 is 23.6 Å². The van der Waals surface area contributed by atoms with Crippen LogP contribution in [0.5, 0.6) is 0 Å². The molecule has 1 fully saturated rings. The molecule has 1 aliphatic carbocycles. The predicted octanol–water partition coefficient (Wildman–Crippen LogP) is 5.11. The van der Waals surface area contributed by atoms with E-state index in [2.05, 4.69) is 0 Å². The van der Waals surface area contributed by atoms with Crippen molar-refractivity contribution in [2.45, 2.75) is 19.3 Å². The maximum Gasteiger partial charge on any atom is 0.185 e. The van der Waals surface area contributed by atoms with Gasteiger partial charge in [0.25, 0.3) is 0 Å². The van der Waals surface area contributed by atoms with Crippen LogP contribution in [0.2, 0.25) is 0 Å². The Morgan fingerprint density at radius 2 is 1.56 bits per heavy atom. The highest BCUT2D eigenvalue weighted by Gasteiger charge is 2.20. The highest BCUT2D eigenvalue weighted by Crippen LogP contribution is 2.28. The maximum atomic E-state index is 13.3. The molecule has 128 valence electrons. The van der Waals surface area contributed by atoms with E-state index in [9.17, 15) is 9.18 Å². The molecule has 0 unspecified atom stereocenters. The topological polar surface area (TPSA) is 20.3 Å². The van der Waals surface area contributed by atoms with Crippen molar-refractivity contribution in [1.82, 2.24) is 0 Å². The van der Waals surface area contributed by atoms with E-state index in [-0.39, 0.29) is 11.6 Å². The second-order valence-electron chi connectivity index (χ2n) is 6.56. The van der Waals surface area contributed by atoms with Gasteiger partial charge in [0.15, 0.2) is 5.78 Å². The summed E-state index contributed by atoms with van der Waals surface area (Å²) in [6.45, 7) is 0. The van der Waals surface area contributed by atoms with Crippen LogP contribution in [0.4, 0.5) is 10.1 Å². The summed E-state index contributed by atoms with van der Waals surface area (Å²) in [7, 11) is 4.00. The van der Waals surface area contributed by atoms with Gasteiger partial charge in [-0.2, -0.15) is 0 Å². The Balaban J connectivity index is 1.84. The van der Waals surface area contributed by atoms with Gasteiger partial charge in [-0.15, -0.1) is 0 Å². The predicted molar refractivity (Wildman–Crippen MR) is 102 cm³/mol. The molecule has 0 radical (unpaired) electrons. The van der Waals surface area contributed by atoms with E-state index in [0.29, 0.717) is 0 Å². The fraction of sp³-hybridized carbons (Fsp3) is 0.227. The summed E-state index contributed by atoms with van der Waals surface area (Å²) in [6.07, 6.45) is 6.25. The number of rotatable bonds is 3. The first kappa shape index (κ1) is 17.2. The Bertz CT molecular complexity index is 831. The van der Waals surface area contributed by atoms with Crippen molar-refractivity contribution in [3.63, 3.8) is 0 Å². The molecule has 0 spiro atoms. The Kier molecular flexibility index (Phi) is 5.13. The Labute approximate surface area is 148 Å². The number of allylic oxidation sites excluding steroid dienone is 2. The fourth-order valence-corrected chi connectivity index (χ4v) is 3.05. The van der Waals surface area contributed by atoms with E-state index in [1.54, 1.807) is 6.07 Å². The van der Waals surface area contributed by atoms with Gasteiger partial charge in [0.05, 0.1) is 0 Å². The fourth-order valence-electron chi connectivity index (χ4n) is 3.05. The van der Waals surface area contributed by atoms with Crippen molar-refractivity contribution < 1.29 is 9.18 Å². The number of hydrogen-bond donors (Lipinski definition) is 0. The number of anilines is 1. The molecule has 0 heterocycles. The summed E-state index contributed by atoms with van der Waals surface area (Å²) >= 11 is 0. The van der Waals surface area contributed by atoms with Gasteiger partial charge in [-0.1, -0.05) is 24.3 Å². The van der Waals surface area contributed by atoms with E-state index < -0.39 is 0 Å². The molecule has 2 aromatic carbocycles. The van der Waals surface area contributed by atoms with E-state index in [1.165, 1.54) is 12.1 Å². The number of nitrogens with zero attached hydrogens (tertiary/aromatic N) is 1. The second-order valence-corrected chi connectivity index (χ2v) is 6.56. The van der Waals surface area contributed by atoms with Crippen LogP contribution in [0.3, 0.4) is 0 Å². The van der Waals surface area contributed by atoms with Crippen molar-refractivity contribution in [3.8, 4) is 0 Å². The van der Waals surface area contributed by atoms with Crippen LogP contribution in [0.25, 0.3) is 12.2 Å². The van der Waals surface area contributed by atoms with Crippen molar-refractivity contribution in [1.29, 1.82) is 0 Å². The zero-order chi connectivity index (χ0) is 17.8. The second kappa shape index (κ2) is 7.47. The van der Waals surface area contributed by atoms with Crippen LogP contribution >= 0.6 is 0 Å². The monoisotopic (exact) mass is 335 g/mol. The highest BCUT2D eigenvalue weighted by atomic mass is 19.1. The molecular formula is C22H22FNO. The first-order valence-corrected chi connectivity index (χ1v) is 8.52. The molecule has 0 aliphatic heterocycles. The summed E-state index contributed by atoms with van der Waals surface area (Å²) in [4.78, 5) is 14.8. The summed E-state index contributed by atoms with van der Waals surface area (Å²) in [6, 6.07) is 14.5. The van der Waals surface area contributed by atoms with Gasteiger partial charge in [0.1, 0.15) is 5.82 Å². The van der Waals surface area contributed by atoms with Crippen LogP contribution in [-0.2, 0) is 4.79 Å². The molecular weight excluding hydrogens is 313 g/mol. The minimum absolute atomic E-state index is 0.0761. The molecule has 1 aliphatic rings. The van der Waals surface area contributed by atoms with Crippen molar-refractivity contribution in [2.75, 3.05) is 19.0 Å². The smallest absolute Gasteiger partial charge is 0.185 e. The number of halogens is 1. The number of Topliss-reactive ketones (excluding diaryl/α,β-unsaturated/α-hetero) is 1. The molecule has 0 atom stereocenters. The molecule has 0 aromatic heterocycles. The lowest BCUT2D eigenvalue weighted by atomic mass is 9.87. The van der Waals surface area contributed by atoms with Crippen molar-refractivity contribution in [3.05, 3.63) is 76.6 Å². The summed E-state index contributed by atoms with van der Waals surface area (Å²) in [5, 5.41) is 0. The van der Waals surface area contributed by atoms with Gasteiger partial charge in [-0.3, -0.25) is 4.79 Å². The van der Waals surface area contributed by atoms with Gasteiger partial charge < -0.3 is 4.90 Å². The molecule has 2 aromatic rings. The van der Waals surface area contributed by atoms with Crippen LogP contribution in [0.15, 0.2) is 59.7 Å². The van der Waals surface area contributed by atoms with Gasteiger partial charge >= 0.3 is 0 Å². The minimum Gasteiger partial charge on any atom is -0.378 e. The Hall–Kier alpha value is -2.68.